The summed E-state index contributed by atoms with van der Waals surface area (Å²) in [6, 6.07) is 1.88. The van der Waals surface area contributed by atoms with Gasteiger partial charge in [-0.1, -0.05) is 33.6 Å². The summed E-state index contributed by atoms with van der Waals surface area (Å²) in [5, 5.41) is 3.32. The molecule has 0 bridgehead atoms. The van der Waals surface area contributed by atoms with E-state index in [2.05, 4.69) is 36.1 Å². The molecule has 0 unspecified atom stereocenters. The zero-order chi connectivity index (χ0) is 13.4. The van der Waals surface area contributed by atoms with Crippen LogP contribution in [0.25, 0.3) is 0 Å². The summed E-state index contributed by atoms with van der Waals surface area (Å²) in [4.78, 5) is 8.63. The summed E-state index contributed by atoms with van der Waals surface area (Å²) in [5.41, 5.74) is 0. The summed E-state index contributed by atoms with van der Waals surface area (Å²) >= 11 is 0. The summed E-state index contributed by atoms with van der Waals surface area (Å²) in [6.45, 7) is 9.97. The van der Waals surface area contributed by atoms with Crippen LogP contribution in [0.5, 0.6) is 5.88 Å². The highest BCUT2D eigenvalue weighted by atomic mass is 16.5. The van der Waals surface area contributed by atoms with Gasteiger partial charge in [-0.2, -0.15) is 4.98 Å². The first kappa shape index (κ1) is 14.7. The van der Waals surface area contributed by atoms with Gasteiger partial charge in [0.05, 0.1) is 6.61 Å². The molecule has 0 saturated carbocycles. The van der Waals surface area contributed by atoms with Gasteiger partial charge in [-0.25, -0.2) is 4.98 Å². The topological polar surface area (TPSA) is 47.0 Å². The highest BCUT2D eigenvalue weighted by molar-refractivity contribution is 5.38. The minimum absolute atomic E-state index is 0.501. The van der Waals surface area contributed by atoms with Crippen molar-refractivity contribution in [1.29, 1.82) is 0 Å². The number of rotatable bonds is 8. The molecule has 1 rings (SSSR count). The molecule has 4 heteroatoms. The maximum absolute atomic E-state index is 5.63. The predicted molar refractivity (Wildman–Crippen MR) is 75.1 cm³/mol. The monoisotopic (exact) mass is 251 g/mol. The first-order chi connectivity index (χ1) is 8.61. The van der Waals surface area contributed by atoms with Gasteiger partial charge in [-0.3, -0.25) is 0 Å². The average Bonchev–Trinajstić information content (AvgIpc) is 2.32. The SMILES string of the molecule is CCCCCNc1cc(OCC(C)C)nc(C)n1. The van der Waals surface area contributed by atoms with Gasteiger partial charge in [0, 0.05) is 12.6 Å². The molecule has 0 fully saturated rings. The smallest absolute Gasteiger partial charge is 0.218 e. The minimum atomic E-state index is 0.501. The van der Waals surface area contributed by atoms with Gasteiger partial charge in [0.1, 0.15) is 11.6 Å². The lowest BCUT2D eigenvalue weighted by molar-refractivity contribution is 0.260. The molecule has 1 aromatic rings. The number of aryl methyl sites for hydroxylation is 1. The molecule has 1 aromatic heterocycles. The third-order valence-corrected chi connectivity index (χ3v) is 2.47. The third kappa shape index (κ3) is 5.84. The predicted octanol–water partition coefficient (Wildman–Crippen LogP) is 3.42. The van der Waals surface area contributed by atoms with Crippen molar-refractivity contribution in [2.45, 2.75) is 47.0 Å². The molecule has 1 N–H and O–H groups in total. The largest absolute Gasteiger partial charge is 0.477 e. The second-order valence-corrected chi connectivity index (χ2v) is 4.98. The van der Waals surface area contributed by atoms with Crippen molar-refractivity contribution in [2.75, 3.05) is 18.5 Å². The average molecular weight is 251 g/mol. The van der Waals surface area contributed by atoms with E-state index in [0.29, 0.717) is 18.4 Å². The number of hydrogen-bond donors (Lipinski definition) is 1. The Kier molecular flexibility index (Phi) is 6.47. The number of nitrogens with one attached hydrogen (secondary N) is 1. The van der Waals surface area contributed by atoms with Crippen LogP contribution in [-0.4, -0.2) is 23.1 Å². The van der Waals surface area contributed by atoms with E-state index in [-0.39, 0.29) is 0 Å². The Balaban J connectivity index is 2.51. The van der Waals surface area contributed by atoms with Crippen molar-refractivity contribution < 1.29 is 4.74 Å². The molecule has 0 radical (unpaired) electrons. The Morgan fingerprint density at radius 3 is 2.72 bits per heavy atom. The lowest BCUT2D eigenvalue weighted by Crippen LogP contribution is -2.09. The molecule has 0 aliphatic heterocycles. The van der Waals surface area contributed by atoms with Gasteiger partial charge < -0.3 is 10.1 Å². The minimum Gasteiger partial charge on any atom is -0.477 e. The van der Waals surface area contributed by atoms with Crippen LogP contribution in [0.4, 0.5) is 5.82 Å². The Labute approximate surface area is 110 Å². The van der Waals surface area contributed by atoms with Crippen LogP contribution in [-0.2, 0) is 0 Å². The molecule has 0 aliphatic carbocycles. The van der Waals surface area contributed by atoms with E-state index in [4.69, 9.17) is 4.74 Å². The molecule has 0 saturated heterocycles. The van der Waals surface area contributed by atoms with Gasteiger partial charge >= 0.3 is 0 Å². The van der Waals surface area contributed by atoms with Crippen molar-refractivity contribution in [3.63, 3.8) is 0 Å². The molecule has 0 atom stereocenters. The molecule has 1 heterocycles. The number of unbranched alkanes of at least 4 members (excludes halogenated alkanes) is 2. The Bertz CT molecular complexity index is 353. The van der Waals surface area contributed by atoms with E-state index in [1.807, 2.05) is 13.0 Å². The van der Waals surface area contributed by atoms with E-state index in [1.165, 1.54) is 19.3 Å². The van der Waals surface area contributed by atoms with Gasteiger partial charge in [0.25, 0.3) is 0 Å². The summed E-state index contributed by atoms with van der Waals surface area (Å²) in [5.74, 6) is 2.77. The summed E-state index contributed by atoms with van der Waals surface area (Å²) < 4.78 is 5.63. The quantitative estimate of drug-likeness (QED) is 0.719. The van der Waals surface area contributed by atoms with Crippen molar-refractivity contribution in [1.82, 2.24) is 9.97 Å². The van der Waals surface area contributed by atoms with Crippen molar-refractivity contribution >= 4 is 5.82 Å². The van der Waals surface area contributed by atoms with E-state index in [1.54, 1.807) is 0 Å². The lowest BCUT2D eigenvalue weighted by atomic mass is 10.2. The van der Waals surface area contributed by atoms with E-state index < -0.39 is 0 Å². The maximum atomic E-state index is 5.63. The third-order valence-electron chi connectivity index (χ3n) is 2.47. The van der Waals surface area contributed by atoms with E-state index in [0.717, 1.165) is 18.2 Å². The van der Waals surface area contributed by atoms with Crippen LogP contribution in [0.3, 0.4) is 0 Å². The normalized spacial score (nSPS) is 10.7. The van der Waals surface area contributed by atoms with Crippen LogP contribution in [0.15, 0.2) is 6.07 Å². The van der Waals surface area contributed by atoms with Gasteiger partial charge in [-0.15, -0.1) is 0 Å². The second kappa shape index (κ2) is 7.90. The van der Waals surface area contributed by atoms with Crippen LogP contribution >= 0.6 is 0 Å². The molecule has 18 heavy (non-hydrogen) atoms. The number of anilines is 1. The molecule has 0 aliphatic rings. The fraction of sp³-hybridized carbons (Fsp3) is 0.714. The van der Waals surface area contributed by atoms with Gasteiger partial charge in [-0.05, 0) is 19.3 Å². The molecular weight excluding hydrogens is 226 g/mol. The van der Waals surface area contributed by atoms with Gasteiger partial charge in [0.2, 0.25) is 5.88 Å². The van der Waals surface area contributed by atoms with E-state index in [9.17, 15) is 0 Å². The maximum Gasteiger partial charge on any atom is 0.218 e. The molecule has 0 spiro atoms. The van der Waals surface area contributed by atoms with E-state index >= 15 is 0 Å². The highest BCUT2D eigenvalue weighted by Crippen LogP contribution is 2.14. The van der Waals surface area contributed by atoms with Crippen molar-refractivity contribution in [3.05, 3.63) is 11.9 Å². The second-order valence-electron chi connectivity index (χ2n) is 4.98. The zero-order valence-electron chi connectivity index (χ0n) is 12.0. The van der Waals surface area contributed by atoms with Crippen LogP contribution in [0.2, 0.25) is 0 Å². The summed E-state index contributed by atoms with van der Waals surface area (Å²) in [7, 11) is 0. The van der Waals surface area contributed by atoms with Crippen LogP contribution < -0.4 is 10.1 Å². The van der Waals surface area contributed by atoms with Gasteiger partial charge in [0.15, 0.2) is 0 Å². The standard InChI is InChI=1S/C14H25N3O/c1-5-6-7-8-15-13-9-14(17-12(4)16-13)18-10-11(2)3/h9,11H,5-8,10H2,1-4H3,(H,15,16,17). The Hall–Kier alpha value is -1.32. The van der Waals surface area contributed by atoms with Crippen LogP contribution in [0, 0.1) is 12.8 Å². The van der Waals surface area contributed by atoms with Crippen LogP contribution in [0.1, 0.15) is 45.9 Å². The Morgan fingerprint density at radius 1 is 1.28 bits per heavy atom. The van der Waals surface area contributed by atoms with Crippen molar-refractivity contribution in [3.8, 4) is 5.88 Å². The summed E-state index contributed by atoms with van der Waals surface area (Å²) in [6.07, 6.45) is 3.64. The highest BCUT2D eigenvalue weighted by Gasteiger charge is 2.03. The fourth-order valence-corrected chi connectivity index (χ4v) is 1.55. The number of nitrogens with zero attached hydrogens (tertiary/aromatic N) is 2. The Morgan fingerprint density at radius 2 is 2.06 bits per heavy atom. The first-order valence-electron chi connectivity index (χ1n) is 6.84. The lowest BCUT2D eigenvalue weighted by Gasteiger charge is -2.10. The molecule has 0 amide bonds. The fourth-order valence-electron chi connectivity index (χ4n) is 1.55. The van der Waals surface area contributed by atoms with Crippen molar-refractivity contribution in [2.24, 2.45) is 5.92 Å². The molecular formula is C14H25N3O. The number of ether oxygens (including phenoxy) is 1. The molecule has 0 aromatic carbocycles. The number of aromatic nitrogens is 2. The molecule has 4 nitrogen and oxygen atoms in total. The zero-order valence-corrected chi connectivity index (χ0v) is 12.0. The number of hydrogen-bond acceptors (Lipinski definition) is 4. The molecule has 102 valence electrons. The first-order valence-corrected chi connectivity index (χ1v) is 6.84.